The smallest absolute Gasteiger partial charge is 0.274 e. The lowest BCUT2D eigenvalue weighted by molar-refractivity contribution is 0.0789. The zero-order valence-corrected chi connectivity index (χ0v) is 17.3. The van der Waals surface area contributed by atoms with Crippen LogP contribution >= 0.6 is 11.3 Å². The minimum Gasteiger partial charge on any atom is -0.337 e. The van der Waals surface area contributed by atoms with E-state index in [9.17, 15) is 4.79 Å². The number of amides is 1. The van der Waals surface area contributed by atoms with E-state index in [1.807, 2.05) is 53.7 Å². The number of likely N-dealkylation sites (tertiary alicyclic amines) is 1. The van der Waals surface area contributed by atoms with E-state index in [0.717, 1.165) is 53.7 Å². The first-order valence-corrected chi connectivity index (χ1v) is 10.7. The van der Waals surface area contributed by atoms with Gasteiger partial charge in [0.2, 0.25) is 0 Å². The van der Waals surface area contributed by atoms with Gasteiger partial charge < -0.3 is 9.47 Å². The molecule has 0 atom stereocenters. The average Bonchev–Trinajstić information content (AvgIpc) is 3.49. The van der Waals surface area contributed by atoms with Crippen molar-refractivity contribution in [2.45, 2.75) is 33.2 Å². The van der Waals surface area contributed by atoms with Crippen molar-refractivity contribution in [1.82, 2.24) is 28.8 Å². The topological polar surface area (TPSA) is 68.3 Å². The molecule has 0 saturated carbocycles. The summed E-state index contributed by atoms with van der Waals surface area (Å²) in [4.78, 5) is 29.0. The van der Waals surface area contributed by atoms with Crippen molar-refractivity contribution in [3.05, 3.63) is 58.2 Å². The van der Waals surface area contributed by atoms with E-state index >= 15 is 0 Å². The molecule has 4 aromatic rings. The Labute approximate surface area is 172 Å². The van der Waals surface area contributed by atoms with Gasteiger partial charge in [0, 0.05) is 30.9 Å². The van der Waals surface area contributed by atoms with Gasteiger partial charge in [-0.05, 0) is 38.8 Å². The third-order valence-corrected chi connectivity index (χ3v) is 6.17. The highest BCUT2D eigenvalue weighted by Crippen LogP contribution is 2.25. The Morgan fingerprint density at radius 2 is 1.97 bits per heavy atom. The van der Waals surface area contributed by atoms with Crippen molar-refractivity contribution < 1.29 is 4.79 Å². The van der Waals surface area contributed by atoms with Gasteiger partial charge in [-0.3, -0.25) is 9.20 Å². The molecule has 29 heavy (non-hydrogen) atoms. The molecule has 0 N–H and O–H groups in total. The molecule has 0 radical (unpaired) electrons. The fourth-order valence-corrected chi connectivity index (χ4v) is 4.48. The van der Waals surface area contributed by atoms with Gasteiger partial charge in [-0.25, -0.2) is 15.0 Å². The van der Waals surface area contributed by atoms with E-state index in [1.54, 1.807) is 11.3 Å². The molecule has 1 saturated heterocycles. The summed E-state index contributed by atoms with van der Waals surface area (Å²) in [6.45, 7) is 6.28. The van der Waals surface area contributed by atoms with Crippen molar-refractivity contribution in [1.29, 1.82) is 0 Å². The predicted octanol–water partition coefficient (Wildman–Crippen LogP) is 3.56. The number of aryl methyl sites for hydroxylation is 2. The number of fused-ring (bicyclic) bond motifs is 1. The second-order valence-electron chi connectivity index (χ2n) is 7.40. The lowest BCUT2D eigenvalue weighted by Crippen LogP contribution is -2.28. The Kier molecular flexibility index (Phi) is 4.43. The van der Waals surface area contributed by atoms with Gasteiger partial charge in [0.1, 0.15) is 11.5 Å². The molecule has 1 aliphatic heterocycles. The maximum atomic E-state index is 13.0. The van der Waals surface area contributed by atoms with E-state index in [1.165, 1.54) is 0 Å². The highest BCUT2D eigenvalue weighted by Gasteiger charge is 2.26. The molecular formula is C21H22N6OS. The molecule has 0 aromatic carbocycles. The number of hydrogen-bond acceptors (Lipinski definition) is 5. The van der Waals surface area contributed by atoms with Crippen LogP contribution < -0.4 is 0 Å². The Balaban J connectivity index is 1.55. The molecule has 1 aliphatic rings. The molecule has 1 fully saturated rings. The number of imidazole rings is 2. The standard InChI is InChI=1S/C21H22N6OS/c1-14-22-17(12-26(14)11-16-13-29-15(2)23-16)20-24-19(18-7-3-4-10-27(18)20)21(28)25-8-5-6-9-25/h3-4,7,10,12-13H,5-6,8-9,11H2,1-2H3. The van der Waals surface area contributed by atoms with Crippen molar-refractivity contribution in [3.8, 4) is 11.5 Å². The van der Waals surface area contributed by atoms with Crippen LogP contribution in [0.15, 0.2) is 36.0 Å². The second kappa shape index (κ2) is 7.11. The molecule has 0 unspecified atom stereocenters. The highest BCUT2D eigenvalue weighted by atomic mass is 32.1. The van der Waals surface area contributed by atoms with Gasteiger partial charge in [-0.1, -0.05) is 6.07 Å². The van der Waals surface area contributed by atoms with Crippen LogP contribution in [0.4, 0.5) is 0 Å². The van der Waals surface area contributed by atoms with Crippen LogP contribution in [-0.4, -0.2) is 47.8 Å². The molecule has 7 nitrogen and oxygen atoms in total. The van der Waals surface area contributed by atoms with E-state index in [0.29, 0.717) is 18.1 Å². The first-order chi connectivity index (χ1) is 14.1. The third-order valence-electron chi connectivity index (χ3n) is 5.35. The largest absolute Gasteiger partial charge is 0.337 e. The molecule has 0 aliphatic carbocycles. The molecular weight excluding hydrogens is 384 g/mol. The second-order valence-corrected chi connectivity index (χ2v) is 8.46. The van der Waals surface area contributed by atoms with Crippen LogP contribution in [0.1, 0.15) is 39.9 Å². The molecule has 1 amide bonds. The fourth-order valence-electron chi connectivity index (χ4n) is 3.88. The summed E-state index contributed by atoms with van der Waals surface area (Å²) < 4.78 is 4.04. The van der Waals surface area contributed by atoms with Gasteiger partial charge in [0.05, 0.1) is 22.8 Å². The van der Waals surface area contributed by atoms with Crippen LogP contribution in [0.25, 0.3) is 17.0 Å². The summed E-state index contributed by atoms with van der Waals surface area (Å²) in [5, 5.41) is 3.13. The lowest BCUT2D eigenvalue weighted by Gasteiger charge is -2.13. The first kappa shape index (κ1) is 18.1. The Morgan fingerprint density at radius 3 is 2.72 bits per heavy atom. The van der Waals surface area contributed by atoms with Crippen molar-refractivity contribution in [2.24, 2.45) is 0 Å². The van der Waals surface area contributed by atoms with Crippen LogP contribution in [0, 0.1) is 13.8 Å². The van der Waals surface area contributed by atoms with Gasteiger partial charge in [-0.2, -0.15) is 0 Å². The molecule has 0 bridgehead atoms. The molecule has 0 spiro atoms. The fraction of sp³-hybridized carbons (Fsp3) is 0.333. The molecule has 148 valence electrons. The minimum atomic E-state index is 0.00607. The normalized spacial score (nSPS) is 14.2. The predicted molar refractivity (Wildman–Crippen MR) is 112 cm³/mol. The number of rotatable bonds is 4. The van der Waals surface area contributed by atoms with E-state index in [-0.39, 0.29) is 5.91 Å². The number of hydrogen-bond donors (Lipinski definition) is 0. The third kappa shape index (κ3) is 3.23. The zero-order valence-electron chi connectivity index (χ0n) is 16.5. The highest BCUT2D eigenvalue weighted by molar-refractivity contribution is 7.09. The maximum Gasteiger partial charge on any atom is 0.274 e. The Hall–Kier alpha value is -3.00. The lowest BCUT2D eigenvalue weighted by atomic mass is 10.3. The summed E-state index contributed by atoms with van der Waals surface area (Å²) in [6.07, 6.45) is 6.06. The van der Waals surface area contributed by atoms with Crippen molar-refractivity contribution in [3.63, 3.8) is 0 Å². The molecule has 4 aromatic heterocycles. The van der Waals surface area contributed by atoms with Crippen LogP contribution in [0.2, 0.25) is 0 Å². The van der Waals surface area contributed by atoms with Crippen LogP contribution in [-0.2, 0) is 6.54 Å². The Morgan fingerprint density at radius 1 is 1.14 bits per heavy atom. The Bertz CT molecular complexity index is 1200. The number of aromatic nitrogens is 5. The number of carbonyl (C=O) groups is 1. The van der Waals surface area contributed by atoms with E-state index < -0.39 is 0 Å². The molecule has 5 heterocycles. The molecule has 8 heteroatoms. The van der Waals surface area contributed by atoms with Crippen molar-refractivity contribution >= 4 is 22.8 Å². The van der Waals surface area contributed by atoms with Crippen LogP contribution in [0.5, 0.6) is 0 Å². The SMILES string of the molecule is Cc1nc(Cn2cc(-c3nc(C(=O)N4CCCC4)c4ccccn34)nc2C)cs1. The first-order valence-electron chi connectivity index (χ1n) is 9.81. The number of nitrogens with zero attached hydrogens (tertiary/aromatic N) is 6. The quantitative estimate of drug-likeness (QED) is 0.520. The van der Waals surface area contributed by atoms with Crippen LogP contribution in [0.3, 0.4) is 0 Å². The number of carbonyl (C=O) groups excluding carboxylic acids is 1. The maximum absolute atomic E-state index is 13.0. The summed E-state index contributed by atoms with van der Waals surface area (Å²) >= 11 is 1.65. The average molecular weight is 407 g/mol. The number of thiazole rings is 1. The zero-order chi connectivity index (χ0) is 20.0. The number of pyridine rings is 1. The van der Waals surface area contributed by atoms with E-state index in [4.69, 9.17) is 9.97 Å². The summed E-state index contributed by atoms with van der Waals surface area (Å²) in [6, 6.07) is 5.84. The van der Waals surface area contributed by atoms with Gasteiger partial charge >= 0.3 is 0 Å². The summed E-state index contributed by atoms with van der Waals surface area (Å²) in [7, 11) is 0. The monoisotopic (exact) mass is 406 g/mol. The van der Waals surface area contributed by atoms with Crippen molar-refractivity contribution in [2.75, 3.05) is 13.1 Å². The summed E-state index contributed by atoms with van der Waals surface area (Å²) in [5.41, 5.74) is 3.11. The van der Waals surface area contributed by atoms with E-state index in [2.05, 4.69) is 14.9 Å². The minimum absolute atomic E-state index is 0.00607. The van der Waals surface area contributed by atoms with Gasteiger partial charge in [-0.15, -0.1) is 11.3 Å². The molecule has 5 rings (SSSR count). The van der Waals surface area contributed by atoms with Gasteiger partial charge in [0.15, 0.2) is 11.5 Å². The summed E-state index contributed by atoms with van der Waals surface area (Å²) in [5.74, 6) is 1.59. The van der Waals surface area contributed by atoms with Gasteiger partial charge in [0.25, 0.3) is 5.91 Å².